The lowest BCUT2D eigenvalue weighted by atomic mass is 10.1. The molecule has 3 saturated heterocycles. The SMILES string of the molecule is CN1C(=O)N(C)[C@@H](C(=O)O)[C@H]1C(=O)O.CN1C(=O)N(C)[C@H]2C(=O)OC(O)[C@H]21. The minimum atomic E-state index is -1.33. The molecular formula is C14H20N4O9. The molecule has 3 aliphatic rings. The minimum absolute atomic E-state index is 0.272. The Kier molecular flexibility index (Phi) is 5.17. The zero-order chi connectivity index (χ0) is 20.8. The minimum Gasteiger partial charge on any atom is -0.480 e. The molecule has 3 fully saturated rings. The number of carboxylic acids is 2. The lowest BCUT2D eigenvalue weighted by Gasteiger charge is -2.17. The van der Waals surface area contributed by atoms with Crippen molar-refractivity contribution in [2.45, 2.75) is 30.5 Å². The molecule has 3 aliphatic heterocycles. The molecule has 0 bridgehead atoms. The van der Waals surface area contributed by atoms with E-state index in [-0.39, 0.29) is 6.03 Å². The fourth-order valence-electron chi connectivity index (χ4n) is 3.35. The molecule has 0 radical (unpaired) electrons. The van der Waals surface area contributed by atoms with Gasteiger partial charge in [-0.3, -0.25) is 0 Å². The molecule has 5 atom stereocenters. The highest BCUT2D eigenvalue weighted by Crippen LogP contribution is 2.29. The summed E-state index contributed by atoms with van der Waals surface area (Å²) in [7, 11) is 5.58. The van der Waals surface area contributed by atoms with E-state index in [1.165, 1.54) is 38.0 Å². The van der Waals surface area contributed by atoms with E-state index in [2.05, 4.69) is 4.74 Å². The van der Waals surface area contributed by atoms with Gasteiger partial charge in [-0.05, 0) is 0 Å². The fourth-order valence-corrected chi connectivity index (χ4v) is 3.35. The molecule has 3 heterocycles. The Hall–Kier alpha value is -3.09. The van der Waals surface area contributed by atoms with E-state index < -0.39 is 54.4 Å². The van der Waals surface area contributed by atoms with Gasteiger partial charge in [-0.1, -0.05) is 0 Å². The molecular weight excluding hydrogens is 368 g/mol. The lowest BCUT2D eigenvalue weighted by Crippen LogP contribution is -2.46. The van der Waals surface area contributed by atoms with Crippen LogP contribution in [-0.4, -0.2) is 124 Å². The molecule has 3 rings (SSSR count). The maximum Gasteiger partial charge on any atom is 0.333 e. The van der Waals surface area contributed by atoms with Crippen molar-refractivity contribution >= 4 is 30.0 Å². The predicted molar refractivity (Wildman–Crippen MR) is 84.4 cm³/mol. The van der Waals surface area contributed by atoms with Crippen molar-refractivity contribution in [3.63, 3.8) is 0 Å². The van der Waals surface area contributed by atoms with Gasteiger partial charge < -0.3 is 39.7 Å². The Labute approximate surface area is 153 Å². The first-order valence-electron chi connectivity index (χ1n) is 7.75. The Balaban J connectivity index is 0.000000194. The van der Waals surface area contributed by atoms with Crippen molar-refractivity contribution in [3.8, 4) is 0 Å². The van der Waals surface area contributed by atoms with Crippen LogP contribution in [0.1, 0.15) is 0 Å². The monoisotopic (exact) mass is 388 g/mol. The first-order chi connectivity index (χ1) is 12.4. The van der Waals surface area contributed by atoms with E-state index in [1.807, 2.05) is 0 Å². The number of amides is 4. The van der Waals surface area contributed by atoms with E-state index in [9.17, 15) is 29.1 Å². The molecule has 0 spiro atoms. The average molecular weight is 388 g/mol. The van der Waals surface area contributed by atoms with Gasteiger partial charge >= 0.3 is 30.0 Å². The molecule has 1 unspecified atom stereocenters. The molecule has 0 aromatic rings. The van der Waals surface area contributed by atoms with Crippen LogP contribution in [0.15, 0.2) is 0 Å². The maximum atomic E-state index is 11.3. The van der Waals surface area contributed by atoms with Gasteiger partial charge in [-0.25, -0.2) is 24.0 Å². The Morgan fingerprint density at radius 1 is 0.815 bits per heavy atom. The number of ether oxygens (including phenoxy) is 1. The van der Waals surface area contributed by atoms with Crippen molar-refractivity contribution in [2.24, 2.45) is 0 Å². The van der Waals surface area contributed by atoms with Gasteiger partial charge in [0.2, 0.25) is 6.29 Å². The fraction of sp³-hybridized carbons (Fsp3) is 0.643. The highest BCUT2D eigenvalue weighted by molar-refractivity contribution is 5.95. The number of aliphatic hydroxyl groups excluding tert-OH is 1. The van der Waals surface area contributed by atoms with Gasteiger partial charge in [0.05, 0.1) is 0 Å². The quantitative estimate of drug-likeness (QED) is 0.432. The number of nitrogens with zero attached hydrogens (tertiary/aromatic N) is 4. The largest absolute Gasteiger partial charge is 0.480 e. The van der Waals surface area contributed by atoms with Crippen LogP contribution in [0.3, 0.4) is 0 Å². The number of likely N-dealkylation sites (N-methyl/N-ethyl adjacent to an activating group) is 4. The molecule has 0 saturated carbocycles. The van der Waals surface area contributed by atoms with Crippen LogP contribution in [0, 0.1) is 0 Å². The number of aliphatic carboxylic acids is 2. The second-order valence-electron chi connectivity index (χ2n) is 6.34. The van der Waals surface area contributed by atoms with Gasteiger partial charge in [-0.2, -0.15) is 0 Å². The van der Waals surface area contributed by atoms with Crippen molar-refractivity contribution < 1.29 is 44.0 Å². The Bertz CT molecular complexity index is 670. The third-order valence-corrected chi connectivity index (χ3v) is 4.81. The highest BCUT2D eigenvalue weighted by atomic mass is 16.6. The molecule has 4 amide bonds. The summed E-state index contributed by atoms with van der Waals surface area (Å²) in [5, 5.41) is 26.8. The number of carbonyl (C=O) groups is 5. The number of hydrogen-bond donors (Lipinski definition) is 3. The van der Waals surface area contributed by atoms with Crippen LogP contribution < -0.4 is 0 Å². The summed E-state index contributed by atoms with van der Waals surface area (Å²) in [6.07, 6.45) is -1.20. The molecule has 13 nitrogen and oxygen atoms in total. The molecule has 150 valence electrons. The topological polar surface area (TPSA) is 168 Å². The summed E-state index contributed by atoms with van der Waals surface area (Å²) in [6, 6.07) is -4.76. The molecule has 3 N–H and O–H groups in total. The number of rotatable bonds is 2. The van der Waals surface area contributed by atoms with Crippen LogP contribution in [0.4, 0.5) is 9.59 Å². The number of cyclic esters (lactones) is 1. The van der Waals surface area contributed by atoms with Crippen LogP contribution in [0.2, 0.25) is 0 Å². The van der Waals surface area contributed by atoms with E-state index in [4.69, 9.17) is 10.2 Å². The second-order valence-corrected chi connectivity index (χ2v) is 6.34. The number of esters is 1. The van der Waals surface area contributed by atoms with Gasteiger partial charge in [0.1, 0.15) is 6.04 Å². The third-order valence-electron chi connectivity index (χ3n) is 4.81. The van der Waals surface area contributed by atoms with Crippen molar-refractivity contribution in [1.82, 2.24) is 19.6 Å². The van der Waals surface area contributed by atoms with E-state index in [1.54, 1.807) is 0 Å². The average Bonchev–Trinajstić information content (AvgIpc) is 3.09. The smallest absolute Gasteiger partial charge is 0.333 e. The third kappa shape index (κ3) is 3.09. The summed E-state index contributed by atoms with van der Waals surface area (Å²) in [5.41, 5.74) is 0. The maximum absolute atomic E-state index is 11.3. The summed E-state index contributed by atoms with van der Waals surface area (Å²) in [6.45, 7) is 0. The number of carboxylic acid groups (broad SMARTS) is 2. The van der Waals surface area contributed by atoms with Crippen molar-refractivity contribution in [3.05, 3.63) is 0 Å². The van der Waals surface area contributed by atoms with E-state index >= 15 is 0 Å². The number of carbonyl (C=O) groups excluding carboxylic acids is 3. The zero-order valence-electron chi connectivity index (χ0n) is 15.0. The van der Waals surface area contributed by atoms with Crippen LogP contribution in [-0.2, 0) is 19.1 Å². The predicted octanol–water partition coefficient (Wildman–Crippen LogP) is -2.51. The summed E-state index contributed by atoms with van der Waals surface area (Å²) in [4.78, 5) is 59.6. The first-order valence-corrected chi connectivity index (χ1v) is 7.75. The molecule has 27 heavy (non-hydrogen) atoms. The standard InChI is InChI=1S/C7H10N2O5.C7H10N2O4/c1-8-3(5(10)11)4(6(12)13)9(2)7(8)14;1-8-3-4(9(2)7(8)12)6(11)13-5(3)10/h3-4H,1-2H3,(H,10,11)(H,12,13);3-5,10H,1-2H3/t3-,4+;3-,4+,5?/m.0/s1. The van der Waals surface area contributed by atoms with Crippen molar-refractivity contribution in [2.75, 3.05) is 28.2 Å². The summed E-state index contributed by atoms with van der Waals surface area (Å²) < 4.78 is 4.60. The molecule has 0 aliphatic carbocycles. The Morgan fingerprint density at radius 2 is 1.22 bits per heavy atom. The van der Waals surface area contributed by atoms with Gasteiger partial charge in [0.15, 0.2) is 18.1 Å². The van der Waals surface area contributed by atoms with E-state index in [0.717, 1.165) is 9.80 Å². The second kappa shape index (κ2) is 6.90. The van der Waals surface area contributed by atoms with Crippen LogP contribution >= 0.6 is 0 Å². The zero-order valence-corrected chi connectivity index (χ0v) is 15.0. The molecule has 0 aromatic heterocycles. The first kappa shape index (κ1) is 20.2. The number of fused-ring (bicyclic) bond motifs is 1. The summed E-state index contributed by atoms with van der Waals surface area (Å²) >= 11 is 0. The lowest BCUT2D eigenvalue weighted by molar-refractivity contribution is -0.158. The van der Waals surface area contributed by atoms with Crippen LogP contribution in [0.5, 0.6) is 0 Å². The number of urea groups is 2. The normalized spacial score (nSPS) is 32.3. The van der Waals surface area contributed by atoms with Gasteiger partial charge in [-0.15, -0.1) is 0 Å². The highest BCUT2D eigenvalue weighted by Gasteiger charge is 2.56. The van der Waals surface area contributed by atoms with E-state index in [0.29, 0.717) is 0 Å². The molecule has 0 aromatic carbocycles. The number of aliphatic hydroxyl groups is 1. The van der Waals surface area contributed by atoms with Crippen molar-refractivity contribution in [1.29, 1.82) is 0 Å². The van der Waals surface area contributed by atoms with Crippen LogP contribution in [0.25, 0.3) is 0 Å². The van der Waals surface area contributed by atoms with Gasteiger partial charge in [0.25, 0.3) is 0 Å². The number of hydrogen-bond acceptors (Lipinski definition) is 7. The Morgan fingerprint density at radius 3 is 1.59 bits per heavy atom. The summed E-state index contributed by atoms with van der Waals surface area (Å²) in [5.74, 6) is -3.19. The van der Waals surface area contributed by atoms with Gasteiger partial charge in [0, 0.05) is 28.2 Å². The molecule has 13 heteroatoms.